The van der Waals surface area contributed by atoms with Gasteiger partial charge in [-0.15, -0.1) is 0 Å². The van der Waals surface area contributed by atoms with Crippen molar-refractivity contribution in [3.8, 4) is 41.0 Å². The van der Waals surface area contributed by atoms with Crippen molar-refractivity contribution in [2.75, 3.05) is 14.2 Å². The Morgan fingerprint density at radius 2 is 1.78 bits per heavy atom. The number of nitrogens with one attached hydrogen (secondary N) is 1. The number of rotatable bonds is 7. The van der Waals surface area contributed by atoms with E-state index in [-0.39, 0.29) is 11.9 Å². The fourth-order valence-corrected chi connectivity index (χ4v) is 3.50. The Kier molecular flexibility index (Phi) is 6.01. The molecule has 0 atom stereocenters. The Labute approximate surface area is 189 Å². The van der Waals surface area contributed by atoms with Crippen molar-refractivity contribution in [2.45, 2.75) is 13.3 Å². The summed E-state index contributed by atoms with van der Waals surface area (Å²) in [4.78, 5) is 12.1. The van der Waals surface area contributed by atoms with Crippen LogP contribution in [0.1, 0.15) is 18.2 Å². The Balaban J connectivity index is 1.79. The number of hydrogen-bond donors (Lipinski definition) is 1. The predicted molar refractivity (Wildman–Crippen MR) is 119 cm³/mol. The van der Waals surface area contributed by atoms with Crippen LogP contribution in [-0.4, -0.2) is 29.2 Å². The molecule has 0 saturated heterocycles. The van der Waals surface area contributed by atoms with Crippen LogP contribution in [0.4, 0.5) is 0 Å². The van der Waals surface area contributed by atoms with Crippen LogP contribution in [-0.2, 0) is 6.42 Å². The minimum atomic E-state index is 0.0450. The number of aryl methyl sites for hydroxylation is 1. The highest BCUT2D eigenvalue weighted by molar-refractivity contribution is 6.36. The molecule has 0 saturated carbocycles. The zero-order valence-corrected chi connectivity index (χ0v) is 18.4. The van der Waals surface area contributed by atoms with Gasteiger partial charge in [-0.1, -0.05) is 24.6 Å². The van der Waals surface area contributed by atoms with Crippen LogP contribution < -0.4 is 18.9 Å². The van der Waals surface area contributed by atoms with Crippen LogP contribution in [0.3, 0.4) is 0 Å². The number of aromatic amines is 1. The lowest BCUT2D eigenvalue weighted by molar-refractivity contribution is 0.351. The molecule has 4 aromatic rings. The Morgan fingerprint density at radius 1 is 1.00 bits per heavy atom. The van der Waals surface area contributed by atoms with E-state index in [2.05, 4.69) is 21.0 Å². The van der Waals surface area contributed by atoms with Gasteiger partial charge in [0.2, 0.25) is 5.88 Å². The van der Waals surface area contributed by atoms with Gasteiger partial charge in [0, 0.05) is 11.8 Å². The smallest absolute Gasteiger partial charge is 0.327 e. The third-order valence-electron chi connectivity index (χ3n) is 4.70. The van der Waals surface area contributed by atoms with Crippen molar-refractivity contribution in [3.05, 3.63) is 58.7 Å². The quantitative estimate of drug-likeness (QED) is 0.388. The lowest BCUT2D eigenvalue weighted by Crippen LogP contribution is -1.97. The molecular weight excluding hydrogens is 432 g/mol. The highest BCUT2D eigenvalue weighted by atomic mass is 35.5. The van der Waals surface area contributed by atoms with Gasteiger partial charge in [0.25, 0.3) is 0 Å². The van der Waals surface area contributed by atoms with Gasteiger partial charge in [-0.3, -0.25) is 0 Å². The minimum absolute atomic E-state index is 0.0450. The van der Waals surface area contributed by atoms with Crippen LogP contribution in [0.5, 0.6) is 34.9 Å². The number of fused-ring (bicyclic) bond motifs is 1. The van der Waals surface area contributed by atoms with Gasteiger partial charge in [-0.05, 0) is 36.8 Å². The minimum Gasteiger partial charge on any atom is -0.493 e. The fourth-order valence-electron chi connectivity index (χ4n) is 3.15. The highest BCUT2D eigenvalue weighted by Gasteiger charge is 2.20. The van der Waals surface area contributed by atoms with Gasteiger partial charge in [-0.2, -0.15) is 15.2 Å². The second-order valence-corrected chi connectivity index (χ2v) is 7.04. The van der Waals surface area contributed by atoms with Gasteiger partial charge >= 0.3 is 6.01 Å². The first-order valence-electron chi connectivity index (χ1n) is 9.72. The zero-order valence-electron chi connectivity index (χ0n) is 17.6. The summed E-state index contributed by atoms with van der Waals surface area (Å²) < 4.78 is 22.5. The molecule has 0 aliphatic heterocycles. The van der Waals surface area contributed by atoms with Crippen LogP contribution in [0.25, 0.3) is 11.0 Å². The first-order chi connectivity index (χ1) is 15.6. The second-order valence-electron chi connectivity index (χ2n) is 6.67. The number of aromatic nitrogens is 3. The molecular formula is C23H19ClN4O4. The summed E-state index contributed by atoms with van der Waals surface area (Å²) in [7, 11) is 3.10. The van der Waals surface area contributed by atoms with Gasteiger partial charge in [0.1, 0.15) is 22.5 Å². The topological polar surface area (TPSA) is 102 Å². The molecule has 2 aromatic heterocycles. The first-order valence-corrected chi connectivity index (χ1v) is 10.1. The fraction of sp³-hybridized carbons (Fsp3) is 0.174. The first kappa shape index (κ1) is 21.3. The number of benzene rings is 2. The Bertz CT molecular complexity index is 1330. The summed E-state index contributed by atoms with van der Waals surface area (Å²) in [5.41, 5.74) is 1.74. The van der Waals surface area contributed by atoms with E-state index in [0.717, 1.165) is 5.69 Å². The Hall–Kier alpha value is -3.96. The lowest BCUT2D eigenvalue weighted by Gasteiger charge is -2.12. The normalized spacial score (nSPS) is 10.6. The lowest BCUT2D eigenvalue weighted by atomic mass is 10.2. The summed E-state index contributed by atoms with van der Waals surface area (Å²) >= 11 is 6.57. The maximum atomic E-state index is 9.12. The molecule has 1 N–H and O–H groups in total. The van der Waals surface area contributed by atoms with Crippen molar-refractivity contribution in [1.29, 1.82) is 5.26 Å². The molecule has 9 heteroatoms. The van der Waals surface area contributed by atoms with Crippen LogP contribution in [0.2, 0.25) is 5.02 Å². The molecule has 2 aromatic carbocycles. The van der Waals surface area contributed by atoms with Gasteiger partial charge < -0.3 is 23.9 Å². The summed E-state index contributed by atoms with van der Waals surface area (Å²) in [6, 6.07) is 14.0. The van der Waals surface area contributed by atoms with Crippen molar-refractivity contribution >= 4 is 22.6 Å². The van der Waals surface area contributed by atoms with Crippen molar-refractivity contribution in [1.82, 2.24) is 15.0 Å². The molecule has 0 amide bonds. The third-order valence-corrected chi connectivity index (χ3v) is 5.12. The number of H-pyrrole nitrogens is 1. The number of nitriles is 1. The average molecular weight is 451 g/mol. The molecule has 2 heterocycles. The molecule has 0 bridgehead atoms. The summed E-state index contributed by atoms with van der Waals surface area (Å²) in [5.74, 6) is 2.19. The number of ether oxygens (including phenoxy) is 4. The van der Waals surface area contributed by atoms with E-state index in [9.17, 15) is 0 Å². The molecule has 4 rings (SSSR count). The number of methoxy groups -OCH3 is 2. The third kappa shape index (κ3) is 4.11. The SMILES string of the molecule is CCc1[nH]c2nc(Oc3cccc(C#N)c3)nc(Oc3ccc(OC)c(OC)c3)c2c1Cl. The zero-order chi connectivity index (χ0) is 22.7. The molecule has 0 radical (unpaired) electrons. The second kappa shape index (κ2) is 9.04. The van der Waals surface area contributed by atoms with E-state index in [1.165, 1.54) is 0 Å². The standard InChI is InChI=1S/C23H19ClN4O4/c1-4-16-20(24)19-21(26-16)27-23(32-14-7-5-6-13(10-14)12-25)28-22(19)31-15-8-9-17(29-2)18(11-15)30-3/h5-11H,4H2,1-3H3,(H,26,27,28). The van der Waals surface area contributed by atoms with E-state index in [1.807, 2.05) is 6.92 Å². The summed E-state index contributed by atoms with van der Waals surface area (Å²) in [6.07, 6.45) is 0.672. The van der Waals surface area contributed by atoms with Crippen LogP contribution in [0, 0.1) is 11.3 Å². The van der Waals surface area contributed by atoms with Crippen molar-refractivity contribution in [3.63, 3.8) is 0 Å². The largest absolute Gasteiger partial charge is 0.493 e. The molecule has 0 unspecified atom stereocenters. The number of hydrogen-bond acceptors (Lipinski definition) is 7. The van der Waals surface area contributed by atoms with Gasteiger partial charge in [0.05, 0.1) is 30.9 Å². The monoisotopic (exact) mass is 450 g/mol. The van der Waals surface area contributed by atoms with E-state index in [1.54, 1.807) is 56.7 Å². The molecule has 162 valence electrons. The molecule has 0 aliphatic rings. The maximum absolute atomic E-state index is 9.12. The highest BCUT2D eigenvalue weighted by Crippen LogP contribution is 2.39. The molecule has 0 spiro atoms. The van der Waals surface area contributed by atoms with Crippen molar-refractivity contribution < 1.29 is 18.9 Å². The van der Waals surface area contributed by atoms with E-state index >= 15 is 0 Å². The predicted octanol–water partition coefficient (Wildman–Crippen LogP) is 5.65. The Morgan fingerprint density at radius 3 is 2.50 bits per heavy atom. The van der Waals surface area contributed by atoms with E-state index in [4.69, 9.17) is 35.8 Å². The van der Waals surface area contributed by atoms with Gasteiger partial charge in [-0.25, -0.2) is 0 Å². The van der Waals surface area contributed by atoms with E-state index in [0.29, 0.717) is 51.0 Å². The van der Waals surface area contributed by atoms with Crippen LogP contribution in [0.15, 0.2) is 42.5 Å². The molecule has 0 fully saturated rings. The maximum Gasteiger partial charge on any atom is 0.327 e. The molecule has 32 heavy (non-hydrogen) atoms. The summed E-state index contributed by atoms with van der Waals surface area (Å²) in [5, 5.41) is 10.1. The summed E-state index contributed by atoms with van der Waals surface area (Å²) in [6.45, 7) is 1.98. The van der Waals surface area contributed by atoms with Gasteiger partial charge in [0.15, 0.2) is 11.5 Å². The van der Waals surface area contributed by atoms with Crippen molar-refractivity contribution in [2.24, 2.45) is 0 Å². The number of halogens is 1. The molecule has 8 nitrogen and oxygen atoms in total. The van der Waals surface area contributed by atoms with E-state index < -0.39 is 0 Å². The number of nitrogens with zero attached hydrogens (tertiary/aromatic N) is 3. The molecule has 0 aliphatic carbocycles. The average Bonchev–Trinajstić information content (AvgIpc) is 3.14. The van der Waals surface area contributed by atoms with Crippen LogP contribution >= 0.6 is 11.6 Å².